The molecule has 0 fully saturated rings. The van der Waals surface area contributed by atoms with Gasteiger partial charge in [-0.2, -0.15) is 13.2 Å². The number of rotatable bonds is 2. The quantitative estimate of drug-likeness (QED) is 0.330. The fraction of sp³-hybridized carbons (Fsp3) is 0. The van der Waals surface area contributed by atoms with Crippen molar-refractivity contribution in [1.82, 2.24) is 4.83 Å². The van der Waals surface area contributed by atoms with Crippen molar-refractivity contribution in [3.05, 3.63) is 4.91 Å². The molecule has 7 heteroatoms. The minimum atomic E-state index is -3.93. The lowest BCUT2D eigenvalue weighted by Crippen LogP contribution is -2.08. The van der Waals surface area contributed by atoms with E-state index in [2.05, 4.69) is 10.7 Å². The van der Waals surface area contributed by atoms with Gasteiger partial charge in [0, 0.05) is 10.7 Å². The first-order valence-corrected chi connectivity index (χ1v) is 3.41. The van der Waals surface area contributed by atoms with Crippen molar-refractivity contribution in [2.24, 2.45) is 5.29 Å². The molecule has 0 rings (SSSR count). The van der Waals surface area contributed by atoms with Crippen LogP contribution in [0, 0.1) is 4.91 Å². The summed E-state index contributed by atoms with van der Waals surface area (Å²) in [4.78, 5) is 10.1. The zero-order valence-electron chi connectivity index (χ0n) is 2.96. The van der Waals surface area contributed by atoms with E-state index >= 15 is 0 Å². The van der Waals surface area contributed by atoms with Crippen LogP contribution in [0.25, 0.3) is 0 Å². The van der Waals surface area contributed by atoms with Gasteiger partial charge in [-0.3, -0.25) is 0 Å². The summed E-state index contributed by atoms with van der Waals surface area (Å²) in [5, 5.41) is 1.79. The van der Waals surface area contributed by atoms with Crippen LogP contribution in [-0.4, -0.2) is 8.42 Å². The first kappa shape index (κ1) is 6.64. The molecule has 0 unspecified atom stereocenters. The summed E-state index contributed by atoms with van der Waals surface area (Å²) < 4.78 is 19.2. The molecule has 0 aromatic heterocycles. The van der Waals surface area contributed by atoms with Crippen molar-refractivity contribution < 1.29 is 8.42 Å². The number of halogens is 1. The third-order valence-electron chi connectivity index (χ3n) is 0.146. The maximum absolute atomic E-state index is 9.59. The van der Waals surface area contributed by atoms with Crippen LogP contribution in [-0.2, 0) is 9.24 Å². The van der Waals surface area contributed by atoms with Gasteiger partial charge in [0.05, 0.1) is 5.29 Å². The largest absolute Gasteiger partial charge is 0.336 e. The second-order valence-corrected chi connectivity index (χ2v) is 2.90. The van der Waals surface area contributed by atoms with Crippen molar-refractivity contribution in [2.45, 2.75) is 0 Å². The van der Waals surface area contributed by atoms with Gasteiger partial charge in [-0.1, -0.05) is 0 Å². The molecule has 0 radical (unpaired) electrons. The smallest absolute Gasteiger partial charge is 0.188 e. The van der Waals surface area contributed by atoms with Gasteiger partial charge in [-0.15, -0.1) is 4.91 Å². The van der Waals surface area contributed by atoms with E-state index in [1.54, 1.807) is 5.29 Å². The molecule has 0 aromatic carbocycles. The molecule has 1 N–H and O–H groups in total. The summed E-state index contributed by atoms with van der Waals surface area (Å²) in [7, 11) is 0.470. The van der Waals surface area contributed by atoms with Gasteiger partial charge in [0.25, 0.3) is 0 Å². The first-order chi connectivity index (χ1) is 3.06. The van der Waals surface area contributed by atoms with Crippen molar-refractivity contribution in [1.29, 1.82) is 0 Å². The summed E-state index contributed by atoms with van der Waals surface area (Å²) >= 11 is 0. The van der Waals surface area contributed by atoms with Crippen LogP contribution in [0.5, 0.6) is 0 Å². The van der Waals surface area contributed by atoms with E-state index in [1.165, 1.54) is 0 Å². The molecule has 0 aliphatic heterocycles. The lowest BCUT2D eigenvalue weighted by molar-refractivity contribution is 0.598. The molecule has 0 saturated carbocycles. The molecular formula is HClN2O3S. The Balaban J connectivity index is 3.84. The maximum Gasteiger partial charge on any atom is 0.336 e. The van der Waals surface area contributed by atoms with Crippen LogP contribution in [0.2, 0.25) is 0 Å². The van der Waals surface area contributed by atoms with Gasteiger partial charge in [0.1, 0.15) is 0 Å². The topological polar surface area (TPSA) is 75.6 Å². The van der Waals surface area contributed by atoms with Crippen molar-refractivity contribution in [3.63, 3.8) is 0 Å². The zero-order chi connectivity index (χ0) is 5.91. The fourth-order valence-electron chi connectivity index (χ4n) is 0.0445. The molecule has 0 amide bonds. The monoisotopic (exact) mass is 144 g/mol. The Morgan fingerprint density at radius 1 is 1.57 bits per heavy atom. The normalized spacial score (nSPS) is 10.4. The van der Waals surface area contributed by atoms with Gasteiger partial charge in [0.2, 0.25) is 0 Å². The minimum Gasteiger partial charge on any atom is -0.188 e. The van der Waals surface area contributed by atoms with Crippen LogP contribution >= 0.6 is 10.7 Å². The zero-order valence-corrected chi connectivity index (χ0v) is 4.53. The SMILES string of the molecule is O=NNS(=O)(=O)Cl. The molecule has 0 saturated heterocycles. The Kier molecular flexibility index (Phi) is 1.97. The summed E-state index contributed by atoms with van der Waals surface area (Å²) in [5.41, 5.74) is 0. The van der Waals surface area contributed by atoms with Crippen LogP contribution < -0.4 is 4.83 Å². The average molecular weight is 145 g/mol. The highest BCUT2D eigenvalue weighted by atomic mass is 35.7. The molecule has 0 atom stereocenters. The van der Waals surface area contributed by atoms with Gasteiger partial charge < -0.3 is 0 Å². The molecular weight excluding hydrogens is 144 g/mol. The third kappa shape index (κ3) is 5.64. The maximum atomic E-state index is 9.59. The standard InChI is InChI=1S/ClHN2O3S/c1-7(5,6)3-2-4/h(H,3,4). The van der Waals surface area contributed by atoms with E-state index in [1.807, 2.05) is 0 Å². The van der Waals surface area contributed by atoms with E-state index in [4.69, 9.17) is 4.91 Å². The van der Waals surface area contributed by atoms with Crippen LogP contribution in [0.15, 0.2) is 5.29 Å². The number of hydrogen-bond acceptors (Lipinski definition) is 4. The third-order valence-corrected chi connectivity index (χ3v) is 0.646. The number of nitroso groups, excluding NO2 is 1. The van der Waals surface area contributed by atoms with Crippen molar-refractivity contribution in [3.8, 4) is 0 Å². The van der Waals surface area contributed by atoms with Crippen LogP contribution in [0.3, 0.4) is 0 Å². The van der Waals surface area contributed by atoms with E-state index in [-0.39, 0.29) is 0 Å². The molecule has 7 heavy (non-hydrogen) atoms. The highest BCUT2D eigenvalue weighted by Gasteiger charge is 1.97. The molecule has 0 aliphatic rings. The number of hydrogen-bond donors (Lipinski definition) is 1. The Morgan fingerprint density at radius 2 is 2.00 bits per heavy atom. The lowest BCUT2D eigenvalue weighted by atomic mass is 12.9. The van der Waals surface area contributed by atoms with Crippen molar-refractivity contribution >= 4 is 19.9 Å². The van der Waals surface area contributed by atoms with E-state index in [0.29, 0.717) is 0 Å². The Labute approximate surface area is 44.2 Å². The van der Waals surface area contributed by atoms with Crippen LogP contribution in [0.1, 0.15) is 0 Å². The first-order valence-electron chi connectivity index (χ1n) is 1.10. The Hall–Kier alpha value is -0.360. The molecule has 0 heterocycles. The molecule has 0 bridgehead atoms. The fourth-order valence-corrected chi connectivity index (χ4v) is 0.218. The summed E-state index contributed by atoms with van der Waals surface area (Å²) in [6.45, 7) is 0. The summed E-state index contributed by atoms with van der Waals surface area (Å²) in [6, 6.07) is 0. The average Bonchev–Trinajstić information content (AvgIpc) is 1.30. The van der Waals surface area contributed by atoms with E-state index in [0.717, 1.165) is 4.83 Å². The van der Waals surface area contributed by atoms with Gasteiger partial charge >= 0.3 is 9.24 Å². The van der Waals surface area contributed by atoms with Gasteiger partial charge in [-0.05, 0) is 0 Å². The molecule has 0 aromatic rings. The minimum absolute atomic E-state index is 1.09. The highest BCUT2D eigenvalue weighted by Crippen LogP contribution is 1.86. The lowest BCUT2D eigenvalue weighted by Gasteiger charge is -1.80. The van der Waals surface area contributed by atoms with Gasteiger partial charge in [0.15, 0.2) is 0 Å². The van der Waals surface area contributed by atoms with E-state index < -0.39 is 9.24 Å². The summed E-state index contributed by atoms with van der Waals surface area (Å²) in [6.07, 6.45) is 0. The van der Waals surface area contributed by atoms with Crippen LogP contribution in [0.4, 0.5) is 0 Å². The molecule has 42 valence electrons. The predicted octanol–water partition coefficient (Wildman–Crippen LogP) is -0.259. The molecule has 0 spiro atoms. The molecule has 5 nitrogen and oxygen atoms in total. The Bertz CT molecular complexity index is 146. The van der Waals surface area contributed by atoms with E-state index in [9.17, 15) is 8.42 Å². The predicted molar refractivity (Wildman–Crippen MR) is 23.7 cm³/mol. The Morgan fingerprint density at radius 3 is 2.00 bits per heavy atom. The van der Waals surface area contributed by atoms with Gasteiger partial charge in [-0.25, -0.2) is 0 Å². The number of nitrogens with zero attached hydrogens (tertiary/aromatic N) is 1. The highest BCUT2D eigenvalue weighted by molar-refractivity contribution is 8.12. The number of nitrogens with one attached hydrogen (secondary N) is 1. The second kappa shape index (κ2) is 2.08. The summed E-state index contributed by atoms with van der Waals surface area (Å²) in [5.74, 6) is 0. The van der Waals surface area contributed by atoms with Crippen molar-refractivity contribution in [2.75, 3.05) is 0 Å². The molecule has 0 aliphatic carbocycles. The second-order valence-electron chi connectivity index (χ2n) is 0.620.